The second kappa shape index (κ2) is 6.51. The van der Waals surface area contributed by atoms with E-state index >= 15 is 0 Å². The Morgan fingerprint density at radius 3 is 2.71 bits per heavy atom. The van der Waals surface area contributed by atoms with Gasteiger partial charge in [-0.15, -0.1) is 0 Å². The molecule has 0 spiro atoms. The standard InChI is InChI=1S/C15H14N2O4/c1-10-7-11(20-9-18)3-4-14(10)21-12-5-6-17-13(8-12)15(19)16-2/h3-9H,1-2H3,(H,16,19). The second-order valence-corrected chi connectivity index (χ2v) is 4.20. The second-order valence-electron chi connectivity index (χ2n) is 4.20. The van der Waals surface area contributed by atoms with E-state index in [0.717, 1.165) is 5.56 Å². The Labute approximate surface area is 121 Å². The van der Waals surface area contributed by atoms with Crippen molar-refractivity contribution in [2.45, 2.75) is 6.92 Å². The highest BCUT2D eigenvalue weighted by Gasteiger charge is 2.08. The van der Waals surface area contributed by atoms with E-state index in [0.29, 0.717) is 23.7 Å². The smallest absolute Gasteiger partial charge is 0.298 e. The van der Waals surface area contributed by atoms with Crippen LogP contribution in [0, 0.1) is 6.92 Å². The Morgan fingerprint density at radius 2 is 2.05 bits per heavy atom. The molecule has 21 heavy (non-hydrogen) atoms. The van der Waals surface area contributed by atoms with Gasteiger partial charge in [-0.25, -0.2) is 0 Å². The monoisotopic (exact) mass is 286 g/mol. The van der Waals surface area contributed by atoms with Crippen molar-refractivity contribution < 1.29 is 19.1 Å². The van der Waals surface area contributed by atoms with Gasteiger partial charge in [0.2, 0.25) is 0 Å². The van der Waals surface area contributed by atoms with Crippen molar-refractivity contribution in [3.63, 3.8) is 0 Å². The number of rotatable bonds is 5. The third-order valence-electron chi connectivity index (χ3n) is 2.75. The van der Waals surface area contributed by atoms with E-state index in [1.165, 1.54) is 13.2 Å². The molecule has 0 atom stereocenters. The summed E-state index contributed by atoms with van der Waals surface area (Å²) in [5, 5.41) is 2.50. The van der Waals surface area contributed by atoms with Gasteiger partial charge in [-0.1, -0.05) is 0 Å². The molecule has 2 rings (SSSR count). The van der Waals surface area contributed by atoms with Gasteiger partial charge in [0, 0.05) is 19.3 Å². The highest BCUT2D eigenvalue weighted by atomic mass is 16.5. The van der Waals surface area contributed by atoms with Crippen LogP contribution in [0.2, 0.25) is 0 Å². The minimum Gasteiger partial charge on any atom is -0.457 e. The van der Waals surface area contributed by atoms with E-state index in [1.54, 1.807) is 30.3 Å². The minimum atomic E-state index is -0.285. The van der Waals surface area contributed by atoms with Crippen LogP contribution in [0.25, 0.3) is 0 Å². The number of carbonyl (C=O) groups is 2. The van der Waals surface area contributed by atoms with Crippen molar-refractivity contribution in [1.29, 1.82) is 0 Å². The number of pyridine rings is 1. The molecule has 0 saturated heterocycles. The number of aromatic nitrogens is 1. The van der Waals surface area contributed by atoms with Crippen LogP contribution in [0.1, 0.15) is 16.1 Å². The van der Waals surface area contributed by atoms with Crippen molar-refractivity contribution in [3.05, 3.63) is 47.8 Å². The fourth-order valence-corrected chi connectivity index (χ4v) is 1.72. The Hall–Kier alpha value is -2.89. The van der Waals surface area contributed by atoms with Crippen molar-refractivity contribution in [2.75, 3.05) is 7.05 Å². The summed E-state index contributed by atoms with van der Waals surface area (Å²) in [4.78, 5) is 25.8. The number of carbonyl (C=O) groups excluding carboxylic acids is 2. The predicted molar refractivity (Wildman–Crippen MR) is 75.6 cm³/mol. The lowest BCUT2D eigenvalue weighted by Gasteiger charge is -2.10. The number of ether oxygens (including phenoxy) is 2. The lowest BCUT2D eigenvalue weighted by Crippen LogP contribution is -2.18. The maximum atomic E-state index is 11.5. The fourth-order valence-electron chi connectivity index (χ4n) is 1.72. The fraction of sp³-hybridized carbons (Fsp3) is 0.133. The maximum Gasteiger partial charge on any atom is 0.298 e. The van der Waals surface area contributed by atoms with Crippen molar-refractivity contribution >= 4 is 12.4 Å². The van der Waals surface area contributed by atoms with Crippen LogP contribution in [-0.2, 0) is 4.79 Å². The Morgan fingerprint density at radius 1 is 1.24 bits per heavy atom. The first-order chi connectivity index (χ1) is 10.1. The molecule has 1 heterocycles. The summed E-state index contributed by atoms with van der Waals surface area (Å²) in [6.45, 7) is 2.20. The highest BCUT2D eigenvalue weighted by molar-refractivity contribution is 5.92. The normalized spacial score (nSPS) is 9.81. The van der Waals surface area contributed by atoms with Crippen LogP contribution in [0.3, 0.4) is 0 Å². The summed E-state index contributed by atoms with van der Waals surface area (Å²) in [6, 6.07) is 8.20. The van der Waals surface area contributed by atoms with Crippen LogP contribution in [0.4, 0.5) is 0 Å². The van der Waals surface area contributed by atoms with Gasteiger partial charge in [-0.2, -0.15) is 0 Å². The van der Waals surface area contributed by atoms with Gasteiger partial charge in [-0.05, 0) is 36.8 Å². The topological polar surface area (TPSA) is 77.5 Å². The number of nitrogens with one attached hydrogen (secondary N) is 1. The molecule has 1 amide bonds. The largest absolute Gasteiger partial charge is 0.457 e. The molecular formula is C15H14N2O4. The molecule has 108 valence electrons. The van der Waals surface area contributed by atoms with Crippen LogP contribution >= 0.6 is 0 Å². The van der Waals surface area contributed by atoms with Gasteiger partial charge in [0.15, 0.2) is 0 Å². The molecule has 1 N–H and O–H groups in total. The van der Waals surface area contributed by atoms with E-state index in [4.69, 9.17) is 9.47 Å². The first-order valence-electron chi connectivity index (χ1n) is 6.21. The molecule has 1 aromatic carbocycles. The molecular weight excluding hydrogens is 272 g/mol. The average molecular weight is 286 g/mol. The van der Waals surface area contributed by atoms with Crippen LogP contribution in [-0.4, -0.2) is 24.4 Å². The van der Waals surface area contributed by atoms with Gasteiger partial charge in [0.25, 0.3) is 12.4 Å². The van der Waals surface area contributed by atoms with E-state index in [2.05, 4.69) is 10.3 Å². The number of hydrogen-bond acceptors (Lipinski definition) is 5. The molecule has 6 heteroatoms. The van der Waals surface area contributed by atoms with E-state index in [9.17, 15) is 9.59 Å². The zero-order chi connectivity index (χ0) is 15.2. The Balaban J connectivity index is 2.22. The van der Waals surface area contributed by atoms with Crippen molar-refractivity contribution in [2.24, 2.45) is 0 Å². The van der Waals surface area contributed by atoms with Crippen LogP contribution in [0.5, 0.6) is 17.2 Å². The Bertz CT molecular complexity index is 670. The quantitative estimate of drug-likeness (QED) is 0.851. The zero-order valence-electron chi connectivity index (χ0n) is 11.6. The highest BCUT2D eigenvalue weighted by Crippen LogP contribution is 2.28. The molecule has 0 fully saturated rings. The molecule has 0 aliphatic carbocycles. The molecule has 1 aromatic heterocycles. The third kappa shape index (κ3) is 3.56. The first-order valence-corrected chi connectivity index (χ1v) is 6.21. The summed E-state index contributed by atoms with van der Waals surface area (Å²) < 4.78 is 10.5. The molecule has 0 unspecified atom stereocenters. The maximum absolute atomic E-state index is 11.5. The van der Waals surface area contributed by atoms with Gasteiger partial charge >= 0.3 is 0 Å². The molecule has 0 bridgehead atoms. The summed E-state index contributed by atoms with van der Waals surface area (Å²) >= 11 is 0. The summed E-state index contributed by atoms with van der Waals surface area (Å²) in [5.41, 5.74) is 1.07. The SMILES string of the molecule is CNC(=O)c1cc(Oc2ccc(OC=O)cc2C)ccn1. The van der Waals surface area contributed by atoms with E-state index in [1.807, 2.05) is 6.92 Å². The molecule has 6 nitrogen and oxygen atoms in total. The molecule has 0 radical (unpaired) electrons. The summed E-state index contributed by atoms with van der Waals surface area (Å²) in [6.07, 6.45) is 1.50. The van der Waals surface area contributed by atoms with E-state index < -0.39 is 0 Å². The van der Waals surface area contributed by atoms with Gasteiger partial charge in [0.05, 0.1) is 0 Å². The first kappa shape index (κ1) is 14.5. The summed E-state index contributed by atoms with van der Waals surface area (Å²) in [5.74, 6) is 1.25. The molecule has 0 saturated carbocycles. The summed E-state index contributed by atoms with van der Waals surface area (Å²) in [7, 11) is 1.54. The molecule has 0 aliphatic rings. The lowest BCUT2D eigenvalue weighted by atomic mass is 10.2. The number of benzene rings is 1. The number of nitrogens with zero attached hydrogens (tertiary/aromatic N) is 1. The molecule has 2 aromatic rings. The van der Waals surface area contributed by atoms with Gasteiger partial charge in [0.1, 0.15) is 22.9 Å². The van der Waals surface area contributed by atoms with Crippen LogP contribution < -0.4 is 14.8 Å². The minimum absolute atomic E-state index is 0.272. The number of hydrogen-bond donors (Lipinski definition) is 1. The van der Waals surface area contributed by atoms with E-state index in [-0.39, 0.29) is 11.6 Å². The zero-order valence-corrected chi connectivity index (χ0v) is 11.6. The number of aryl methyl sites for hydroxylation is 1. The Kier molecular flexibility index (Phi) is 4.50. The third-order valence-corrected chi connectivity index (χ3v) is 2.75. The number of amides is 1. The van der Waals surface area contributed by atoms with Gasteiger partial charge in [-0.3, -0.25) is 14.6 Å². The van der Waals surface area contributed by atoms with Crippen molar-refractivity contribution in [3.8, 4) is 17.2 Å². The molecule has 0 aliphatic heterocycles. The predicted octanol–water partition coefficient (Wildman–Crippen LogP) is 2.08. The lowest BCUT2D eigenvalue weighted by molar-refractivity contribution is -0.120. The van der Waals surface area contributed by atoms with Crippen molar-refractivity contribution in [1.82, 2.24) is 10.3 Å². The van der Waals surface area contributed by atoms with Gasteiger partial charge < -0.3 is 14.8 Å². The average Bonchev–Trinajstić information content (AvgIpc) is 2.50. The van der Waals surface area contributed by atoms with Crippen LogP contribution in [0.15, 0.2) is 36.5 Å².